The Labute approximate surface area is 65.0 Å². The Balaban J connectivity index is 3.39. The number of halogens is 3. The first kappa shape index (κ1) is 8.63. The fourth-order valence-electron chi connectivity index (χ4n) is 0.782. The number of aromatic amines is 1. The van der Waals surface area contributed by atoms with Crippen molar-refractivity contribution >= 4 is 5.69 Å². The number of alkyl halides is 2. The lowest BCUT2D eigenvalue weighted by atomic mass is 10.2. The van der Waals surface area contributed by atoms with Crippen LogP contribution in [0.15, 0.2) is 10.9 Å². The first-order valence-corrected chi connectivity index (χ1v) is 2.98. The number of nitrogens with two attached hydrogens (primary N) is 1. The highest BCUT2D eigenvalue weighted by Gasteiger charge is 2.16. The summed E-state index contributed by atoms with van der Waals surface area (Å²) in [6.07, 6.45) is -2.99. The molecule has 0 saturated carbocycles. The van der Waals surface area contributed by atoms with Crippen molar-refractivity contribution in [2.75, 3.05) is 5.73 Å². The molecule has 0 aliphatic carbocycles. The van der Waals surface area contributed by atoms with E-state index in [1.165, 1.54) is 0 Å². The summed E-state index contributed by atoms with van der Waals surface area (Å²) in [6.45, 7) is 0. The van der Waals surface area contributed by atoms with Crippen molar-refractivity contribution in [2.24, 2.45) is 0 Å². The molecule has 0 atom stereocenters. The van der Waals surface area contributed by atoms with Gasteiger partial charge in [-0.05, 0) is 0 Å². The zero-order valence-electron chi connectivity index (χ0n) is 5.77. The second kappa shape index (κ2) is 2.88. The van der Waals surface area contributed by atoms with Crippen LogP contribution in [0.1, 0.15) is 12.0 Å². The number of rotatable bonds is 1. The molecule has 0 aromatic carbocycles. The Morgan fingerprint density at radius 2 is 2.08 bits per heavy atom. The van der Waals surface area contributed by atoms with Crippen molar-refractivity contribution in [1.29, 1.82) is 0 Å². The summed E-state index contributed by atoms with van der Waals surface area (Å²) >= 11 is 0. The van der Waals surface area contributed by atoms with Crippen LogP contribution in [0.4, 0.5) is 18.9 Å². The van der Waals surface area contributed by atoms with E-state index in [4.69, 9.17) is 5.73 Å². The van der Waals surface area contributed by atoms with Gasteiger partial charge in [-0.15, -0.1) is 0 Å². The summed E-state index contributed by atoms with van der Waals surface area (Å²) in [5.74, 6) is -1.03. The van der Waals surface area contributed by atoms with Crippen LogP contribution in [-0.4, -0.2) is 4.98 Å². The molecule has 66 valence electrons. The van der Waals surface area contributed by atoms with Gasteiger partial charge in [-0.2, -0.15) is 4.39 Å². The normalized spacial score (nSPS) is 10.7. The number of nitrogen functional groups attached to an aromatic ring is 1. The van der Waals surface area contributed by atoms with Crippen molar-refractivity contribution in [1.82, 2.24) is 4.98 Å². The summed E-state index contributed by atoms with van der Waals surface area (Å²) in [5, 5.41) is 0. The molecule has 0 unspecified atom stereocenters. The standard InChI is InChI=1S/C6H5F3N2O/c7-3-1-2(10)4(5(8)9)6(12)11-3/h1,5H,(H3,10,11,12). The first-order chi connectivity index (χ1) is 5.52. The predicted molar refractivity (Wildman–Crippen MR) is 36.4 cm³/mol. The average molecular weight is 178 g/mol. The lowest BCUT2D eigenvalue weighted by molar-refractivity contribution is 0.150. The highest BCUT2D eigenvalue weighted by Crippen LogP contribution is 2.20. The quantitative estimate of drug-likeness (QED) is 0.631. The van der Waals surface area contributed by atoms with Crippen LogP contribution in [-0.2, 0) is 0 Å². The number of nitrogens with one attached hydrogen (secondary N) is 1. The molecular formula is C6H5F3N2O. The summed E-state index contributed by atoms with van der Waals surface area (Å²) in [4.78, 5) is 12.2. The van der Waals surface area contributed by atoms with E-state index in [0.29, 0.717) is 6.07 Å². The van der Waals surface area contributed by atoms with Gasteiger partial charge in [-0.1, -0.05) is 0 Å². The Morgan fingerprint density at radius 1 is 1.50 bits per heavy atom. The largest absolute Gasteiger partial charge is 0.398 e. The molecule has 1 rings (SSSR count). The number of hydrogen-bond acceptors (Lipinski definition) is 2. The molecule has 1 aromatic heterocycles. The van der Waals surface area contributed by atoms with E-state index >= 15 is 0 Å². The molecule has 0 aliphatic heterocycles. The van der Waals surface area contributed by atoms with Crippen LogP contribution < -0.4 is 11.3 Å². The molecule has 0 fully saturated rings. The molecule has 0 amide bonds. The van der Waals surface area contributed by atoms with Gasteiger partial charge in [0.2, 0.25) is 0 Å². The lowest BCUT2D eigenvalue weighted by Crippen LogP contribution is -2.17. The Bertz CT molecular complexity index is 347. The third-order valence-electron chi connectivity index (χ3n) is 1.29. The van der Waals surface area contributed by atoms with Gasteiger partial charge >= 0.3 is 0 Å². The van der Waals surface area contributed by atoms with Crippen LogP contribution in [0.2, 0.25) is 0 Å². The monoisotopic (exact) mass is 178 g/mol. The zero-order chi connectivity index (χ0) is 9.30. The predicted octanol–water partition coefficient (Wildman–Crippen LogP) is 1.03. The highest BCUT2D eigenvalue weighted by atomic mass is 19.3. The number of pyridine rings is 1. The summed E-state index contributed by atoms with van der Waals surface area (Å²) in [7, 11) is 0. The Morgan fingerprint density at radius 3 is 2.50 bits per heavy atom. The van der Waals surface area contributed by atoms with Gasteiger partial charge in [-0.3, -0.25) is 9.78 Å². The van der Waals surface area contributed by atoms with Gasteiger partial charge in [0, 0.05) is 6.07 Å². The summed E-state index contributed by atoms with van der Waals surface area (Å²) in [6, 6.07) is 0.642. The maximum Gasteiger partial charge on any atom is 0.271 e. The second-order valence-corrected chi connectivity index (χ2v) is 2.12. The van der Waals surface area contributed by atoms with Gasteiger partial charge in [0.1, 0.15) is 5.56 Å². The maximum absolute atomic E-state index is 12.3. The average Bonchev–Trinajstić information content (AvgIpc) is 1.82. The highest BCUT2D eigenvalue weighted by molar-refractivity contribution is 5.45. The smallest absolute Gasteiger partial charge is 0.271 e. The molecule has 0 aliphatic rings. The van der Waals surface area contributed by atoms with E-state index in [0.717, 1.165) is 0 Å². The molecular weight excluding hydrogens is 173 g/mol. The molecule has 0 bridgehead atoms. The van der Waals surface area contributed by atoms with Crippen molar-refractivity contribution in [2.45, 2.75) is 6.43 Å². The number of H-pyrrole nitrogens is 1. The molecule has 0 saturated heterocycles. The topological polar surface area (TPSA) is 58.9 Å². The van der Waals surface area contributed by atoms with E-state index in [1.54, 1.807) is 4.98 Å². The van der Waals surface area contributed by atoms with Crippen LogP contribution in [0.5, 0.6) is 0 Å². The van der Waals surface area contributed by atoms with Crippen LogP contribution in [0, 0.1) is 5.95 Å². The fraction of sp³-hybridized carbons (Fsp3) is 0.167. The summed E-state index contributed by atoms with van der Waals surface area (Å²) < 4.78 is 36.3. The molecule has 3 N–H and O–H groups in total. The van der Waals surface area contributed by atoms with Gasteiger partial charge in [0.05, 0.1) is 5.69 Å². The van der Waals surface area contributed by atoms with E-state index in [2.05, 4.69) is 0 Å². The minimum atomic E-state index is -2.99. The van der Waals surface area contributed by atoms with Crippen LogP contribution >= 0.6 is 0 Å². The van der Waals surface area contributed by atoms with E-state index < -0.39 is 29.2 Å². The van der Waals surface area contributed by atoms with Crippen molar-refractivity contribution in [3.05, 3.63) is 27.9 Å². The van der Waals surface area contributed by atoms with E-state index in [9.17, 15) is 18.0 Å². The zero-order valence-corrected chi connectivity index (χ0v) is 5.77. The van der Waals surface area contributed by atoms with E-state index in [1.807, 2.05) is 0 Å². The van der Waals surface area contributed by atoms with Gasteiger partial charge < -0.3 is 5.73 Å². The third-order valence-corrected chi connectivity index (χ3v) is 1.29. The van der Waals surface area contributed by atoms with Gasteiger partial charge in [0.15, 0.2) is 5.95 Å². The Hall–Kier alpha value is -1.46. The second-order valence-electron chi connectivity index (χ2n) is 2.12. The number of aromatic nitrogens is 1. The molecule has 0 spiro atoms. The number of hydrogen-bond donors (Lipinski definition) is 2. The maximum atomic E-state index is 12.3. The molecule has 12 heavy (non-hydrogen) atoms. The third kappa shape index (κ3) is 1.41. The molecule has 3 nitrogen and oxygen atoms in total. The minimum absolute atomic E-state index is 0.536. The Kier molecular flexibility index (Phi) is 2.07. The molecule has 0 radical (unpaired) electrons. The first-order valence-electron chi connectivity index (χ1n) is 2.98. The minimum Gasteiger partial charge on any atom is -0.398 e. The van der Waals surface area contributed by atoms with Crippen LogP contribution in [0.25, 0.3) is 0 Å². The fourth-order valence-corrected chi connectivity index (χ4v) is 0.782. The van der Waals surface area contributed by atoms with Crippen molar-refractivity contribution in [3.8, 4) is 0 Å². The van der Waals surface area contributed by atoms with Gasteiger partial charge in [0.25, 0.3) is 12.0 Å². The lowest BCUT2D eigenvalue weighted by Gasteiger charge is -2.01. The van der Waals surface area contributed by atoms with Crippen molar-refractivity contribution in [3.63, 3.8) is 0 Å². The SMILES string of the molecule is Nc1cc(F)[nH]c(=O)c1C(F)F. The molecule has 6 heteroatoms. The van der Waals surface area contributed by atoms with Crippen LogP contribution in [0.3, 0.4) is 0 Å². The van der Waals surface area contributed by atoms with Crippen molar-refractivity contribution < 1.29 is 13.2 Å². The molecule has 1 aromatic rings. The molecule has 1 heterocycles. The van der Waals surface area contributed by atoms with E-state index in [-0.39, 0.29) is 0 Å². The number of anilines is 1. The summed E-state index contributed by atoms with van der Waals surface area (Å²) in [5.41, 5.74) is 2.36. The van der Waals surface area contributed by atoms with Gasteiger partial charge in [-0.25, -0.2) is 8.78 Å².